The summed E-state index contributed by atoms with van der Waals surface area (Å²) in [4.78, 5) is 6.48. The summed E-state index contributed by atoms with van der Waals surface area (Å²) in [5.41, 5.74) is 5.81. The fraction of sp³-hybridized carbons (Fsp3) is 0.583. The number of pyridine rings is 1. The first-order chi connectivity index (χ1) is 7.50. The van der Waals surface area contributed by atoms with Gasteiger partial charge in [-0.25, -0.2) is 4.98 Å². The van der Waals surface area contributed by atoms with Crippen molar-refractivity contribution in [2.75, 3.05) is 24.5 Å². The molecule has 2 N–H and O–H groups in total. The van der Waals surface area contributed by atoms with Crippen LogP contribution in [0.3, 0.4) is 0 Å². The fourth-order valence-corrected chi connectivity index (χ4v) is 1.77. The number of nitrogens with two attached hydrogens (primary N) is 1. The Hall–Kier alpha value is -0.800. The molecule has 0 fully saturated rings. The van der Waals surface area contributed by atoms with Crippen LogP contribution in [0.1, 0.15) is 20.8 Å². The van der Waals surface area contributed by atoms with Gasteiger partial charge in [0.2, 0.25) is 0 Å². The lowest BCUT2D eigenvalue weighted by molar-refractivity contribution is 0.379. The first-order valence-electron chi connectivity index (χ1n) is 5.55. The van der Waals surface area contributed by atoms with Gasteiger partial charge in [0.05, 0.1) is 5.02 Å². The highest BCUT2D eigenvalue weighted by molar-refractivity contribution is 6.32. The molecule has 16 heavy (non-hydrogen) atoms. The lowest BCUT2D eigenvalue weighted by atomic mass is 9.93. The van der Waals surface area contributed by atoms with Gasteiger partial charge in [0.15, 0.2) is 0 Å². The molecule has 0 aliphatic carbocycles. The highest BCUT2D eigenvalue weighted by atomic mass is 35.5. The molecular formula is C12H20ClN3. The zero-order valence-corrected chi connectivity index (χ0v) is 11.0. The molecule has 0 amide bonds. The zero-order chi connectivity index (χ0) is 12.2. The molecule has 90 valence electrons. The van der Waals surface area contributed by atoms with Crippen LogP contribution in [0.2, 0.25) is 5.02 Å². The van der Waals surface area contributed by atoms with Crippen molar-refractivity contribution in [1.29, 1.82) is 0 Å². The van der Waals surface area contributed by atoms with Gasteiger partial charge in [-0.05, 0) is 31.0 Å². The van der Waals surface area contributed by atoms with Gasteiger partial charge in [-0.2, -0.15) is 0 Å². The maximum Gasteiger partial charge on any atom is 0.147 e. The highest BCUT2D eigenvalue weighted by Crippen LogP contribution is 2.25. The monoisotopic (exact) mass is 241 g/mol. The standard InChI is InChI=1S/C12H20ClN3/c1-4-16(9-12(2,3)8-14)11-10(13)6-5-7-15-11/h5-7H,4,8-9,14H2,1-3H3. The Labute approximate surface area is 103 Å². The minimum atomic E-state index is 0.0663. The number of anilines is 1. The maximum atomic E-state index is 6.13. The second-order valence-electron chi connectivity index (χ2n) is 4.69. The molecule has 0 aliphatic heterocycles. The lowest BCUT2D eigenvalue weighted by Crippen LogP contribution is -2.39. The molecule has 3 nitrogen and oxygen atoms in total. The quantitative estimate of drug-likeness (QED) is 0.862. The van der Waals surface area contributed by atoms with Gasteiger partial charge in [-0.3, -0.25) is 0 Å². The van der Waals surface area contributed by atoms with Crippen molar-refractivity contribution >= 4 is 17.4 Å². The molecule has 0 saturated heterocycles. The van der Waals surface area contributed by atoms with Crippen LogP contribution in [0, 0.1) is 5.41 Å². The van der Waals surface area contributed by atoms with Crippen molar-refractivity contribution in [1.82, 2.24) is 4.98 Å². The van der Waals surface area contributed by atoms with Gasteiger partial charge in [-0.1, -0.05) is 25.4 Å². The van der Waals surface area contributed by atoms with E-state index in [2.05, 4.69) is 30.7 Å². The van der Waals surface area contributed by atoms with Crippen LogP contribution in [0.15, 0.2) is 18.3 Å². The highest BCUT2D eigenvalue weighted by Gasteiger charge is 2.21. The summed E-state index contributed by atoms with van der Waals surface area (Å²) in [7, 11) is 0. The third-order valence-corrected chi connectivity index (χ3v) is 2.89. The van der Waals surface area contributed by atoms with E-state index in [1.807, 2.05) is 12.1 Å². The molecule has 1 aromatic rings. The van der Waals surface area contributed by atoms with E-state index in [9.17, 15) is 0 Å². The predicted octanol–water partition coefficient (Wildman–Crippen LogP) is 2.55. The molecule has 0 atom stereocenters. The number of rotatable bonds is 5. The normalized spacial score (nSPS) is 11.6. The van der Waals surface area contributed by atoms with Crippen molar-refractivity contribution in [2.24, 2.45) is 11.1 Å². The maximum absolute atomic E-state index is 6.13. The molecule has 0 unspecified atom stereocenters. The Morgan fingerprint density at radius 1 is 1.50 bits per heavy atom. The molecule has 0 spiro atoms. The topological polar surface area (TPSA) is 42.1 Å². The number of halogens is 1. The summed E-state index contributed by atoms with van der Waals surface area (Å²) in [6.07, 6.45) is 1.76. The van der Waals surface area contributed by atoms with Crippen LogP contribution < -0.4 is 10.6 Å². The molecule has 0 bridgehead atoms. The SMILES string of the molecule is CCN(CC(C)(C)CN)c1ncccc1Cl. The van der Waals surface area contributed by atoms with Crippen molar-refractivity contribution in [3.8, 4) is 0 Å². The second kappa shape index (κ2) is 5.51. The molecule has 1 aromatic heterocycles. The average molecular weight is 242 g/mol. The Bertz CT molecular complexity index is 339. The average Bonchev–Trinajstić information content (AvgIpc) is 2.27. The third-order valence-electron chi connectivity index (χ3n) is 2.59. The van der Waals surface area contributed by atoms with Gasteiger partial charge >= 0.3 is 0 Å². The summed E-state index contributed by atoms with van der Waals surface area (Å²) in [6.45, 7) is 8.77. The molecule has 1 heterocycles. The van der Waals surface area contributed by atoms with Gasteiger partial charge in [-0.15, -0.1) is 0 Å². The minimum absolute atomic E-state index is 0.0663. The Morgan fingerprint density at radius 3 is 2.69 bits per heavy atom. The number of nitrogens with zero attached hydrogens (tertiary/aromatic N) is 2. The molecule has 0 radical (unpaired) electrons. The summed E-state index contributed by atoms with van der Waals surface area (Å²) in [5.74, 6) is 0.841. The first-order valence-corrected chi connectivity index (χ1v) is 5.93. The molecular weight excluding hydrogens is 222 g/mol. The zero-order valence-electron chi connectivity index (χ0n) is 10.2. The van der Waals surface area contributed by atoms with Crippen molar-refractivity contribution in [3.63, 3.8) is 0 Å². The van der Waals surface area contributed by atoms with E-state index in [-0.39, 0.29) is 5.41 Å². The summed E-state index contributed by atoms with van der Waals surface area (Å²) in [5, 5.41) is 0.692. The van der Waals surface area contributed by atoms with Crippen molar-refractivity contribution in [2.45, 2.75) is 20.8 Å². The molecule has 0 saturated carbocycles. The van der Waals surface area contributed by atoms with Crippen LogP contribution in [0.5, 0.6) is 0 Å². The Morgan fingerprint density at radius 2 is 2.19 bits per heavy atom. The summed E-state index contributed by atoms with van der Waals surface area (Å²) in [6, 6.07) is 3.70. The van der Waals surface area contributed by atoms with E-state index in [4.69, 9.17) is 17.3 Å². The Kier molecular flexibility index (Phi) is 4.56. The van der Waals surface area contributed by atoms with E-state index in [0.717, 1.165) is 18.9 Å². The van der Waals surface area contributed by atoms with Gasteiger partial charge in [0.25, 0.3) is 0 Å². The Balaban J connectivity index is 2.87. The summed E-state index contributed by atoms with van der Waals surface area (Å²) < 4.78 is 0. The van der Waals surface area contributed by atoms with Crippen molar-refractivity contribution in [3.05, 3.63) is 23.4 Å². The summed E-state index contributed by atoms with van der Waals surface area (Å²) >= 11 is 6.13. The van der Waals surface area contributed by atoms with Gasteiger partial charge < -0.3 is 10.6 Å². The lowest BCUT2D eigenvalue weighted by Gasteiger charge is -2.32. The van der Waals surface area contributed by atoms with Crippen LogP contribution in [0.25, 0.3) is 0 Å². The number of hydrogen-bond donors (Lipinski definition) is 1. The van der Waals surface area contributed by atoms with Crippen LogP contribution in [-0.4, -0.2) is 24.6 Å². The number of aromatic nitrogens is 1. The third kappa shape index (κ3) is 3.35. The van der Waals surface area contributed by atoms with E-state index in [1.165, 1.54) is 0 Å². The first kappa shape index (κ1) is 13.3. The van der Waals surface area contributed by atoms with Crippen LogP contribution in [-0.2, 0) is 0 Å². The predicted molar refractivity (Wildman–Crippen MR) is 70.0 cm³/mol. The number of hydrogen-bond acceptors (Lipinski definition) is 3. The van der Waals surface area contributed by atoms with Crippen LogP contribution in [0.4, 0.5) is 5.82 Å². The fourth-order valence-electron chi connectivity index (χ4n) is 1.53. The van der Waals surface area contributed by atoms with E-state index in [0.29, 0.717) is 11.6 Å². The van der Waals surface area contributed by atoms with Gasteiger partial charge in [0, 0.05) is 19.3 Å². The smallest absolute Gasteiger partial charge is 0.147 e. The van der Waals surface area contributed by atoms with Crippen LogP contribution >= 0.6 is 11.6 Å². The molecule has 0 aromatic carbocycles. The van der Waals surface area contributed by atoms with Crippen molar-refractivity contribution < 1.29 is 0 Å². The molecule has 0 aliphatic rings. The molecule has 1 rings (SSSR count). The minimum Gasteiger partial charge on any atom is -0.355 e. The van der Waals surface area contributed by atoms with E-state index in [1.54, 1.807) is 6.20 Å². The second-order valence-corrected chi connectivity index (χ2v) is 5.10. The largest absolute Gasteiger partial charge is 0.355 e. The van der Waals surface area contributed by atoms with E-state index >= 15 is 0 Å². The molecule has 4 heteroatoms. The van der Waals surface area contributed by atoms with Gasteiger partial charge in [0.1, 0.15) is 5.82 Å². The van der Waals surface area contributed by atoms with E-state index < -0.39 is 0 Å².